The van der Waals surface area contributed by atoms with Gasteiger partial charge in [-0.15, -0.1) is 0 Å². The summed E-state index contributed by atoms with van der Waals surface area (Å²) in [6, 6.07) is 13.6. The summed E-state index contributed by atoms with van der Waals surface area (Å²) in [4.78, 5) is 55.8. The molecule has 0 aliphatic carbocycles. The third kappa shape index (κ3) is 5.67. The van der Waals surface area contributed by atoms with Crippen LogP contribution in [0.4, 0.5) is 16.2 Å². The number of rotatable bonds is 9. The van der Waals surface area contributed by atoms with Crippen LogP contribution >= 0.6 is 11.3 Å². The average Bonchev–Trinajstić information content (AvgIpc) is 3.75. The van der Waals surface area contributed by atoms with Crippen LogP contribution in [0.15, 0.2) is 65.5 Å². The van der Waals surface area contributed by atoms with Gasteiger partial charge in [0.15, 0.2) is 0 Å². The number of carboxylic acid groups (broad SMARTS) is 1. The molecule has 3 N–H and O–H groups in total. The summed E-state index contributed by atoms with van der Waals surface area (Å²) >= 11 is 1.53. The van der Waals surface area contributed by atoms with Crippen molar-refractivity contribution in [3.63, 3.8) is 0 Å². The first-order valence-electron chi connectivity index (χ1n) is 14.8. The summed E-state index contributed by atoms with van der Waals surface area (Å²) < 4.78 is 2.10. The third-order valence-electron chi connectivity index (χ3n) is 8.38. The molecule has 0 radical (unpaired) electrons. The molecular weight excluding hydrogens is 578 g/mol. The second-order valence-electron chi connectivity index (χ2n) is 11.6. The van der Waals surface area contributed by atoms with Crippen molar-refractivity contribution in [3.05, 3.63) is 82.2 Å². The minimum absolute atomic E-state index is 0.0261. The van der Waals surface area contributed by atoms with E-state index in [-0.39, 0.29) is 37.2 Å². The molecule has 1 saturated heterocycles. The summed E-state index contributed by atoms with van der Waals surface area (Å²) in [6.45, 7) is 5.00. The molecule has 2 aromatic carbocycles. The maximum atomic E-state index is 14.1. The van der Waals surface area contributed by atoms with E-state index < -0.39 is 24.1 Å². The fraction of sp³-hybridized carbons (Fsp3) is 0.333. The molecule has 1 fully saturated rings. The Morgan fingerprint density at radius 2 is 1.91 bits per heavy atom. The van der Waals surface area contributed by atoms with Crippen molar-refractivity contribution in [2.24, 2.45) is 0 Å². The van der Waals surface area contributed by atoms with E-state index in [0.29, 0.717) is 24.3 Å². The first-order chi connectivity index (χ1) is 21.2. The predicted octanol–water partition coefficient (Wildman–Crippen LogP) is 4.86. The van der Waals surface area contributed by atoms with Gasteiger partial charge in [0, 0.05) is 48.9 Å². The number of amides is 4. The molecule has 4 amide bonds. The Hall–Kier alpha value is -4.64. The Labute approximate surface area is 259 Å². The highest BCUT2D eigenvalue weighted by molar-refractivity contribution is 7.07. The highest BCUT2D eigenvalue weighted by atomic mass is 32.1. The summed E-state index contributed by atoms with van der Waals surface area (Å²) in [6.07, 6.45) is 2.21. The van der Waals surface area contributed by atoms with Crippen molar-refractivity contribution in [2.75, 3.05) is 16.3 Å². The number of thiophene rings is 1. The topological polar surface area (TPSA) is 124 Å². The van der Waals surface area contributed by atoms with Gasteiger partial charge in [-0.2, -0.15) is 11.3 Å². The lowest BCUT2D eigenvalue weighted by Gasteiger charge is -2.37. The second-order valence-corrected chi connectivity index (χ2v) is 12.4. The molecule has 1 unspecified atom stereocenters. The smallest absolute Gasteiger partial charge is 0.405 e. The zero-order valence-electron chi connectivity index (χ0n) is 24.7. The number of nitrogens with zero attached hydrogens (tertiary/aromatic N) is 3. The number of nitrogens with one attached hydrogen (secondary N) is 2. The van der Waals surface area contributed by atoms with Crippen LogP contribution in [0.3, 0.4) is 0 Å². The molecule has 44 heavy (non-hydrogen) atoms. The van der Waals surface area contributed by atoms with Crippen LogP contribution in [0.2, 0.25) is 0 Å². The predicted molar refractivity (Wildman–Crippen MR) is 170 cm³/mol. The molecule has 228 valence electrons. The number of hydrogen-bond acceptors (Lipinski definition) is 5. The van der Waals surface area contributed by atoms with Crippen LogP contribution in [-0.2, 0) is 33.8 Å². The quantitative estimate of drug-likeness (QED) is 0.249. The van der Waals surface area contributed by atoms with Crippen LogP contribution in [0.5, 0.6) is 0 Å². The van der Waals surface area contributed by atoms with Gasteiger partial charge in [-0.25, -0.2) is 4.79 Å². The van der Waals surface area contributed by atoms with Crippen molar-refractivity contribution >= 4 is 57.4 Å². The van der Waals surface area contributed by atoms with Crippen LogP contribution in [0.1, 0.15) is 49.4 Å². The summed E-state index contributed by atoms with van der Waals surface area (Å²) in [5.41, 5.74) is 5.00. The number of hydrogen-bond donors (Lipinski definition) is 3. The molecule has 0 spiro atoms. The maximum Gasteiger partial charge on any atom is 0.405 e. The highest BCUT2D eigenvalue weighted by Gasteiger charge is 2.39. The van der Waals surface area contributed by atoms with Crippen molar-refractivity contribution in [2.45, 2.75) is 64.2 Å². The minimum atomic E-state index is -1.32. The van der Waals surface area contributed by atoms with Crippen LogP contribution in [0.25, 0.3) is 10.9 Å². The Morgan fingerprint density at radius 3 is 2.61 bits per heavy atom. The van der Waals surface area contributed by atoms with E-state index in [2.05, 4.69) is 29.0 Å². The maximum absolute atomic E-state index is 14.1. The Bertz CT molecular complexity index is 1730. The highest BCUT2D eigenvalue weighted by Crippen LogP contribution is 2.40. The van der Waals surface area contributed by atoms with Gasteiger partial charge in [0.25, 0.3) is 0 Å². The lowest BCUT2D eigenvalue weighted by Crippen LogP contribution is -2.57. The second kappa shape index (κ2) is 12.2. The van der Waals surface area contributed by atoms with Crippen LogP contribution in [-0.4, -0.2) is 52.1 Å². The molecule has 11 heteroatoms. The molecule has 2 aromatic heterocycles. The first kappa shape index (κ1) is 29.4. The fourth-order valence-corrected chi connectivity index (χ4v) is 6.99. The van der Waals surface area contributed by atoms with Gasteiger partial charge in [0.1, 0.15) is 12.1 Å². The van der Waals surface area contributed by atoms with Gasteiger partial charge in [0.2, 0.25) is 17.7 Å². The fourth-order valence-electron chi connectivity index (χ4n) is 6.33. The van der Waals surface area contributed by atoms with Crippen molar-refractivity contribution in [1.82, 2.24) is 15.2 Å². The van der Waals surface area contributed by atoms with Gasteiger partial charge >= 0.3 is 6.09 Å². The van der Waals surface area contributed by atoms with E-state index in [4.69, 9.17) is 0 Å². The number of carbonyl (C=O) groups excluding carboxylic acids is 3. The first-order valence-corrected chi connectivity index (χ1v) is 15.8. The Kier molecular flexibility index (Phi) is 8.13. The van der Waals surface area contributed by atoms with Gasteiger partial charge < -0.3 is 30.1 Å². The van der Waals surface area contributed by atoms with E-state index in [1.54, 1.807) is 9.80 Å². The zero-order chi connectivity index (χ0) is 31.0. The Balaban J connectivity index is 1.31. The van der Waals surface area contributed by atoms with Gasteiger partial charge in [-0.1, -0.05) is 30.3 Å². The van der Waals surface area contributed by atoms with E-state index in [1.165, 1.54) is 11.3 Å². The molecule has 0 bridgehead atoms. The summed E-state index contributed by atoms with van der Waals surface area (Å²) in [5.74, 6) is -0.850. The van der Waals surface area contributed by atoms with E-state index in [9.17, 15) is 24.3 Å². The zero-order valence-corrected chi connectivity index (χ0v) is 25.5. The average molecular weight is 614 g/mol. The van der Waals surface area contributed by atoms with E-state index >= 15 is 0 Å². The largest absolute Gasteiger partial charge is 0.465 e. The third-order valence-corrected chi connectivity index (χ3v) is 9.11. The SMILES string of the molecule is CC(C)n1cc(C[C@@H](NC(=O)O)C(=O)NC2Cc3cccc(N4CCCC4=O)c3N(Cc3ccsc3)C2=O)c2ccccc21. The number of carbonyl (C=O) groups is 4. The van der Waals surface area contributed by atoms with E-state index in [1.807, 2.05) is 65.5 Å². The number of para-hydroxylation sites is 2. The van der Waals surface area contributed by atoms with Crippen molar-refractivity contribution in [1.29, 1.82) is 0 Å². The number of anilines is 2. The number of aromatic nitrogens is 1. The molecular formula is C33H35N5O5S. The number of fused-ring (bicyclic) bond motifs is 2. The van der Waals surface area contributed by atoms with Crippen molar-refractivity contribution in [3.8, 4) is 0 Å². The van der Waals surface area contributed by atoms with Gasteiger partial charge in [-0.3, -0.25) is 14.4 Å². The monoisotopic (exact) mass is 613 g/mol. The normalized spacial score (nSPS) is 17.3. The molecule has 0 saturated carbocycles. The molecule has 2 aliphatic heterocycles. The minimum Gasteiger partial charge on any atom is -0.465 e. The summed E-state index contributed by atoms with van der Waals surface area (Å²) in [5, 5.41) is 19.8. The lowest BCUT2D eigenvalue weighted by molar-refractivity contribution is -0.129. The molecule has 6 rings (SSSR count). The standard InChI is InChI=1S/C33H35N5O5S/c1-20(2)37-18-23(24-8-3-4-9-27(24)37)16-25(35-33(42)43)31(40)34-26-15-22-7-5-10-28(36-13-6-11-29(36)39)30(22)38(32(26)41)17-21-12-14-44-19-21/h3-5,7-10,12,14,18-20,25-26,35H,6,11,13,15-17H2,1-2H3,(H,34,40)(H,42,43)/t25-,26?/m1/s1. The molecule has 10 nitrogen and oxygen atoms in total. The van der Waals surface area contributed by atoms with Crippen molar-refractivity contribution < 1.29 is 24.3 Å². The van der Waals surface area contributed by atoms with Gasteiger partial charge in [0.05, 0.1) is 17.9 Å². The lowest BCUT2D eigenvalue weighted by atomic mass is 9.94. The van der Waals surface area contributed by atoms with Gasteiger partial charge in [-0.05, 0) is 65.9 Å². The molecule has 2 atom stereocenters. The Morgan fingerprint density at radius 1 is 1.09 bits per heavy atom. The van der Waals surface area contributed by atoms with Crippen LogP contribution in [0, 0.1) is 0 Å². The van der Waals surface area contributed by atoms with E-state index in [0.717, 1.165) is 34.0 Å². The molecule has 4 heterocycles. The molecule has 4 aromatic rings. The van der Waals surface area contributed by atoms with Crippen LogP contribution < -0.4 is 20.4 Å². The summed E-state index contributed by atoms with van der Waals surface area (Å²) in [7, 11) is 0. The molecule has 2 aliphatic rings. The number of benzene rings is 2.